The lowest BCUT2D eigenvalue weighted by Crippen LogP contribution is -2.35. The molecule has 2 aliphatic rings. The van der Waals surface area contributed by atoms with Gasteiger partial charge < -0.3 is 44.4 Å². The highest BCUT2D eigenvalue weighted by Gasteiger charge is 2.53. The summed E-state index contributed by atoms with van der Waals surface area (Å²) in [5.41, 5.74) is 4.47. The van der Waals surface area contributed by atoms with Gasteiger partial charge in [0.25, 0.3) is 5.56 Å². The maximum absolute atomic E-state index is 13.6. The summed E-state index contributed by atoms with van der Waals surface area (Å²) in [5.74, 6) is 0.179. The molecule has 4 aromatic rings. The third kappa shape index (κ3) is 5.03. The van der Waals surface area contributed by atoms with Gasteiger partial charge in [-0.2, -0.15) is 0 Å². The number of imidazole rings is 1. The van der Waals surface area contributed by atoms with Crippen LogP contribution in [0.1, 0.15) is 18.9 Å². The molecule has 0 aliphatic carbocycles. The van der Waals surface area contributed by atoms with Crippen LogP contribution in [0.4, 0.5) is 5.82 Å². The standard InChI is InChI=1S/C21H24N8O11P2/c22-16-10-1-2-28(17(10)24-6-23-16)21-14(31)15(40-41(33)34)11(39-21)5-37-42(35,36)12-3-9(4-30)38-20(12)29-8-27-13-18(29)25-7-26-19(13)32/h1-2,6-9,11-12,14-15,20-21,30-31H,3-5H2,(H4-,22,23,24,25,26,32,33,34,35,36)/p+1/t9?,11?,12-,14-,15-,20-,21-/m1/s1. The number of nitrogens with two attached hydrogens (primary N) is 1. The van der Waals surface area contributed by atoms with E-state index in [2.05, 4.69) is 24.9 Å². The molecular weight excluding hydrogens is 602 g/mol. The van der Waals surface area contributed by atoms with Gasteiger partial charge in [0.05, 0.1) is 37.4 Å². The smallest absolute Gasteiger partial charge is 0.394 e. The predicted molar refractivity (Wildman–Crippen MR) is 140 cm³/mol. The highest BCUT2D eigenvalue weighted by atomic mass is 31.2. The first-order valence-corrected chi connectivity index (χ1v) is 15.2. The normalized spacial score (nSPS) is 29.8. The van der Waals surface area contributed by atoms with Gasteiger partial charge in [-0.05, 0) is 12.5 Å². The van der Waals surface area contributed by atoms with Crippen molar-refractivity contribution < 1.29 is 47.7 Å². The van der Waals surface area contributed by atoms with E-state index in [1.54, 1.807) is 6.07 Å². The molecule has 0 saturated carbocycles. The van der Waals surface area contributed by atoms with E-state index in [4.69, 9.17) is 24.3 Å². The Morgan fingerprint density at radius 3 is 2.76 bits per heavy atom. The summed E-state index contributed by atoms with van der Waals surface area (Å²) in [5, 5.41) is 21.2. The summed E-state index contributed by atoms with van der Waals surface area (Å²) in [4.78, 5) is 51.2. The maximum Gasteiger partial charge on any atom is 0.695 e. The van der Waals surface area contributed by atoms with Crippen molar-refractivity contribution in [2.24, 2.45) is 0 Å². The van der Waals surface area contributed by atoms with Gasteiger partial charge in [-0.25, -0.2) is 19.9 Å². The van der Waals surface area contributed by atoms with E-state index in [9.17, 15) is 33.9 Å². The topological polar surface area (TPSA) is 272 Å². The Kier molecular flexibility index (Phi) is 7.65. The lowest BCUT2D eigenvalue weighted by molar-refractivity contribution is -0.0486. The van der Waals surface area contributed by atoms with E-state index >= 15 is 0 Å². The number of nitrogens with one attached hydrogen (secondary N) is 1. The van der Waals surface area contributed by atoms with Crippen molar-refractivity contribution in [2.75, 3.05) is 18.9 Å². The van der Waals surface area contributed by atoms with Gasteiger partial charge in [-0.15, -0.1) is 9.42 Å². The molecule has 0 spiro atoms. The number of rotatable bonds is 9. The zero-order valence-corrected chi connectivity index (χ0v) is 23.1. The molecule has 6 heterocycles. The molecule has 2 aliphatic heterocycles. The first-order valence-electron chi connectivity index (χ1n) is 12.5. The van der Waals surface area contributed by atoms with Crippen molar-refractivity contribution in [1.82, 2.24) is 34.1 Å². The first-order chi connectivity index (χ1) is 20.1. The number of aromatic nitrogens is 7. The maximum atomic E-state index is 13.6. The fourth-order valence-electron chi connectivity index (χ4n) is 5.23. The Morgan fingerprint density at radius 2 is 2.00 bits per heavy atom. The second kappa shape index (κ2) is 11.1. The number of aliphatic hydroxyl groups is 2. The van der Waals surface area contributed by atoms with E-state index in [1.807, 2.05) is 0 Å². The van der Waals surface area contributed by atoms with Crippen LogP contribution in [0.25, 0.3) is 22.2 Å². The average Bonchev–Trinajstić information content (AvgIpc) is 3.73. The highest BCUT2D eigenvalue weighted by molar-refractivity contribution is 7.53. The quantitative estimate of drug-likeness (QED) is 0.125. The van der Waals surface area contributed by atoms with E-state index in [1.165, 1.54) is 28.0 Å². The molecule has 19 nitrogen and oxygen atoms in total. The van der Waals surface area contributed by atoms with Crippen LogP contribution in [0, 0.1) is 0 Å². The zero-order chi connectivity index (χ0) is 29.8. The molecule has 42 heavy (non-hydrogen) atoms. The van der Waals surface area contributed by atoms with Crippen LogP contribution in [-0.4, -0.2) is 97.3 Å². The molecule has 2 fully saturated rings. The van der Waals surface area contributed by atoms with Crippen LogP contribution < -0.4 is 11.3 Å². The largest absolute Gasteiger partial charge is 0.695 e. The Hall–Kier alpha value is -3.22. The summed E-state index contributed by atoms with van der Waals surface area (Å²) in [6.45, 7) is -1.12. The molecule has 4 unspecified atom stereocenters. The lowest BCUT2D eigenvalue weighted by atomic mass is 10.1. The average molecular weight is 627 g/mol. The molecule has 0 amide bonds. The number of aromatic amines is 1. The fourth-order valence-corrected chi connectivity index (χ4v) is 7.29. The Bertz CT molecular complexity index is 1750. The number of hydrogen-bond acceptors (Lipinski definition) is 14. The third-order valence-electron chi connectivity index (χ3n) is 7.19. The lowest BCUT2D eigenvalue weighted by Gasteiger charge is -2.25. The van der Waals surface area contributed by atoms with E-state index in [-0.39, 0.29) is 23.4 Å². The molecule has 9 atom stereocenters. The Labute approximate surface area is 235 Å². The summed E-state index contributed by atoms with van der Waals surface area (Å²) < 4.78 is 50.1. The number of fused-ring (bicyclic) bond motifs is 2. The summed E-state index contributed by atoms with van der Waals surface area (Å²) in [6.07, 6.45) is -2.52. The number of H-pyrrole nitrogens is 1. The molecular formula is C21H25N8O11P2+. The Balaban J connectivity index is 1.25. The molecule has 0 radical (unpaired) electrons. The molecule has 2 saturated heterocycles. The second-order valence-corrected chi connectivity index (χ2v) is 12.4. The number of nitrogens with zero attached hydrogens (tertiary/aromatic N) is 6. The molecule has 7 N–H and O–H groups in total. The predicted octanol–water partition coefficient (Wildman–Crippen LogP) is -0.710. The fraction of sp³-hybridized carbons (Fsp3) is 0.476. The van der Waals surface area contributed by atoms with Crippen molar-refractivity contribution >= 4 is 43.9 Å². The minimum absolute atomic E-state index is 0.0250. The van der Waals surface area contributed by atoms with Crippen LogP contribution in [-0.2, 0) is 27.7 Å². The van der Waals surface area contributed by atoms with Crippen molar-refractivity contribution in [3.05, 3.63) is 41.6 Å². The number of anilines is 1. The number of ether oxygens (including phenoxy) is 2. The van der Waals surface area contributed by atoms with Crippen molar-refractivity contribution in [3.63, 3.8) is 0 Å². The van der Waals surface area contributed by atoms with Crippen LogP contribution in [0.2, 0.25) is 0 Å². The second-order valence-electron chi connectivity index (χ2n) is 9.63. The number of nitrogen functional groups attached to an aromatic ring is 1. The van der Waals surface area contributed by atoms with Gasteiger partial charge in [0.1, 0.15) is 35.7 Å². The highest BCUT2D eigenvalue weighted by Crippen LogP contribution is 2.57. The Morgan fingerprint density at radius 1 is 1.19 bits per heavy atom. The first kappa shape index (κ1) is 28.9. The third-order valence-corrected chi connectivity index (χ3v) is 9.43. The van der Waals surface area contributed by atoms with E-state index in [0.717, 1.165) is 6.33 Å². The number of aliphatic hydroxyl groups excluding tert-OH is 2. The van der Waals surface area contributed by atoms with Crippen LogP contribution in [0.5, 0.6) is 0 Å². The molecule has 0 aromatic carbocycles. The van der Waals surface area contributed by atoms with E-state index < -0.39 is 77.2 Å². The van der Waals surface area contributed by atoms with Crippen LogP contribution in [0.3, 0.4) is 0 Å². The summed E-state index contributed by atoms with van der Waals surface area (Å²) >= 11 is 0. The SMILES string of the molecule is Nc1ncnc2c1ccn2[C@@H]1OC(COP(=O)(O)[C@@H]2CC(CO)O[C@H]2n2cnc3c(=O)[nH]cnc32)[C@@H](O[P+](=O)O)[C@H]1O. The molecule has 4 aromatic heterocycles. The van der Waals surface area contributed by atoms with Gasteiger partial charge in [0.15, 0.2) is 29.7 Å². The van der Waals surface area contributed by atoms with Gasteiger partial charge in [-0.1, -0.05) is 0 Å². The van der Waals surface area contributed by atoms with Crippen molar-refractivity contribution in [2.45, 2.75) is 49.0 Å². The summed E-state index contributed by atoms with van der Waals surface area (Å²) in [7, 11) is -7.84. The van der Waals surface area contributed by atoms with E-state index in [0.29, 0.717) is 11.0 Å². The minimum atomic E-state index is -4.63. The van der Waals surface area contributed by atoms with Gasteiger partial charge in [-0.3, -0.25) is 13.9 Å². The number of hydrogen-bond donors (Lipinski definition) is 6. The van der Waals surface area contributed by atoms with Gasteiger partial charge >= 0.3 is 15.9 Å². The van der Waals surface area contributed by atoms with Crippen LogP contribution in [0.15, 0.2) is 36.0 Å². The zero-order valence-electron chi connectivity index (χ0n) is 21.4. The molecule has 224 valence electrons. The van der Waals surface area contributed by atoms with Gasteiger partial charge in [0, 0.05) is 10.8 Å². The molecule has 0 bridgehead atoms. The summed E-state index contributed by atoms with van der Waals surface area (Å²) in [6, 6.07) is 1.59. The molecule has 21 heteroatoms. The molecule has 6 rings (SSSR count). The minimum Gasteiger partial charge on any atom is -0.394 e. The van der Waals surface area contributed by atoms with Crippen molar-refractivity contribution in [3.8, 4) is 0 Å². The van der Waals surface area contributed by atoms with Gasteiger partial charge in [0.2, 0.25) is 0 Å². The van der Waals surface area contributed by atoms with Crippen LogP contribution >= 0.6 is 15.9 Å². The van der Waals surface area contributed by atoms with Crippen molar-refractivity contribution in [1.29, 1.82) is 0 Å². The monoisotopic (exact) mass is 627 g/mol.